The normalized spacial score (nSPS) is 10.2. The number of carbonyl (C=O) groups is 3. The molecule has 1 N–H and O–H groups in total. The number of nitrogens with zero attached hydrogens (tertiary/aromatic N) is 2. The number of hydrogen-bond donors (Lipinski definition) is 1. The average Bonchev–Trinajstić information content (AvgIpc) is 2.88. The molecule has 2 aromatic rings. The summed E-state index contributed by atoms with van der Waals surface area (Å²) in [5, 5.41) is 10.7. The average molecular weight is 290 g/mol. The summed E-state index contributed by atoms with van der Waals surface area (Å²) in [6, 6.07) is 5.50. The predicted octanol–water partition coefficient (Wildman–Crippen LogP) is 1.36. The Morgan fingerprint density at radius 3 is 2.70 bits per heavy atom. The molecule has 0 saturated carbocycles. The van der Waals surface area contributed by atoms with E-state index in [0.29, 0.717) is 11.4 Å². The molecule has 6 nitrogen and oxygen atoms in total. The number of thiazole rings is 1. The molecular formula is C13H10N2O4S. The van der Waals surface area contributed by atoms with Crippen molar-refractivity contribution in [3.8, 4) is 0 Å². The van der Waals surface area contributed by atoms with Gasteiger partial charge < -0.3 is 5.11 Å². The minimum atomic E-state index is -1.61. The Morgan fingerprint density at radius 2 is 2.05 bits per heavy atom. The van der Waals surface area contributed by atoms with Crippen molar-refractivity contribution in [3.63, 3.8) is 0 Å². The van der Waals surface area contributed by atoms with Crippen molar-refractivity contribution in [2.75, 3.05) is 0 Å². The van der Waals surface area contributed by atoms with Crippen LogP contribution in [-0.4, -0.2) is 32.6 Å². The lowest BCUT2D eigenvalue weighted by Gasteiger charge is -1.95. The zero-order chi connectivity index (χ0) is 14.5. The maximum atomic E-state index is 11.7. The molecule has 0 spiro atoms. The fourth-order valence-corrected chi connectivity index (χ4v) is 2.30. The zero-order valence-corrected chi connectivity index (χ0v) is 11.1. The number of carboxylic acid groups (broad SMARTS) is 1. The van der Waals surface area contributed by atoms with Gasteiger partial charge in [0.15, 0.2) is 5.78 Å². The first-order valence-corrected chi connectivity index (χ1v) is 6.58. The molecule has 2 heterocycles. The Morgan fingerprint density at radius 1 is 1.25 bits per heavy atom. The zero-order valence-electron chi connectivity index (χ0n) is 10.3. The molecule has 0 aliphatic carbocycles. The fraction of sp³-hybridized carbons (Fsp3) is 0.154. The molecule has 0 aliphatic heterocycles. The summed E-state index contributed by atoms with van der Waals surface area (Å²) >= 11 is 1.28. The van der Waals surface area contributed by atoms with Crippen LogP contribution in [0, 0.1) is 0 Å². The van der Waals surface area contributed by atoms with Crippen LogP contribution >= 0.6 is 11.3 Å². The maximum Gasteiger partial charge on any atom is 0.372 e. The first-order valence-electron chi connectivity index (χ1n) is 5.70. The minimum Gasteiger partial charge on any atom is -0.475 e. The highest BCUT2D eigenvalue weighted by Gasteiger charge is 2.19. The fourth-order valence-electron chi connectivity index (χ4n) is 1.49. The molecule has 0 atom stereocenters. The molecule has 0 radical (unpaired) electrons. The van der Waals surface area contributed by atoms with E-state index in [-0.39, 0.29) is 5.69 Å². The van der Waals surface area contributed by atoms with Crippen LogP contribution in [0.1, 0.15) is 27.6 Å². The van der Waals surface area contributed by atoms with Crippen molar-refractivity contribution in [1.29, 1.82) is 0 Å². The number of carbonyl (C=O) groups excluding carboxylic acids is 2. The van der Waals surface area contributed by atoms with E-state index in [4.69, 9.17) is 5.11 Å². The molecule has 2 rings (SSSR count). The Balaban J connectivity index is 2.04. The van der Waals surface area contributed by atoms with Gasteiger partial charge in [0.2, 0.25) is 5.78 Å². The van der Waals surface area contributed by atoms with Gasteiger partial charge in [-0.25, -0.2) is 9.78 Å². The topological polar surface area (TPSA) is 97.2 Å². The van der Waals surface area contributed by atoms with Crippen LogP contribution in [0.15, 0.2) is 29.8 Å². The van der Waals surface area contributed by atoms with Gasteiger partial charge in [-0.1, -0.05) is 6.07 Å². The number of pyridine rings is 1. The van der Waals surface area contributed by atoms with Crippen LogP contribution in [0.5, 0.6) is 0 Å². The lowest BCUT2D eigenvalue weighted by Crippen LogP contribution is -2.17. The van der Waals surface area contributed by atoms with E-state index >= 15 is 0 Å². The Labute approximate surface area is 118 Å². The lowest BCUT2D eigenvalue weighted by atomic mass is 10.1. The highest BCUT2D eigenvalue weighted by molar-refractivity contribution is 7.09. The Kier molecular flexibility index (Phi) is 4.31. The van der Waals surface area contributed by atoms with Gasteiger partial charge in [-0.15, -0.1) is 11.3 Å². The molecule has 0 amide bonds. The van der Waals surface area contributed by atoms with Crippen LogP contribution in [0.25, 0.3) is 0 Å². The second-order valence-electron chi connectivity index (χ2n) is 3.95. The third-order valence-corrected chi connectivity index (χ3v) is 3.30. The number of Topliss-reactive ketones (excluding diaryl/α,β-unsaturated/α-hetero) is 2. The van der Waals surface area contributed by atoms with E-state index in [1.165, 1.54) is 16.7 Å². The van der Waals surface area contributed by atoms with Crippen LogP contribution in [-0.2, 0) is 16.0 Å². The third kappa shape index (κ3) is 3.55. The molecule has 0 aliphatic rings. The van der Waals surface area contributed by atoms with E-state index in [2.05, 4.69) is 9.97 Å². The number of ketones is 2. The third-order valence-electron chi connectivity index (χ3n) is 2.46. The lowest BCUT2D eigenvalue weighted by molar-refractivity contribution is -0.148. The number of aliphatic carboxylic acids is 1. The summed E-state index contributed by atoms with van der Waals surface area (Å²) in [6.45, 7) is 0. The molecule has 2 aromatic heterocycles. The van der Waals surface area contributed by atoms with Gasteiger partial charge in [0.05, 0.1) is 11.4 Å². The minimum absolute atomic E-state index is 0.121. The smallest absolute Gasteiger partial charge is 0.372 e. The van der Waals surface area contributed by atoms with E-state index in [0.717, 1.165) is 5.69 Å². The van der Waals surface area contributed by atoms with Gasteiger partial charge in [0, 0.05) is 23.7 Å². The van der Waals surface area contributed by atoms with Crippen molar-refractivity contribution < 1.29 is 19.5 Å². The summed E-state index contributed by atoms with van der Waals surface area (Å²) in [7, 11) is 0. The van der Waals surface area contributed by atoms with Crippen LogP contribution in [0.3, 0.4) is 0 Å². The van der Waals surface area contributed by atoms with Crippen LogP contribution in [0.4, 0.5) is 0 Å². The SMILES string of the molecule is O=C(O)C(=O)CC(=O)c1csc(Cc2ccccn2)n1. The number of rotatable bonds is 6. The predicted molar refractivity (Wildman–Crippen MR) is 70.7 cm³/mol. The van der Waals surface area contributed by atoms with Gasteiger partial charge >= 0.3 is 5.97 Å². The van der Waals surface area contributed by atoms with E-state index in [9.17, 15) is 14.4 Å². The van der Waals surface area contributed by atoms with Gasteiger partial charge in [0.25, 0.3) is 0 Å². The molecule has 0 saturated heterocycles. The number of aromatic nitrogens is 2. The van der Waals surface area contributed by atoms with E-state index in [1.807, 2.05) is 12.1 Å². The number of hydrogen-bond acceptors (Lipinski definition) is 6. The second-order valence-corrected chi connectivity index (χ2v) is 4.90. The Hall–Kier alpha value is -2.41. The van der Waals surface area contributed by atoms with Crippen molar-refractivity contribution in [2.24, 2.45) is 0 Å². The summed E-state index contributed by atoms with van der Waals surface area (Å²) in [5.41, 5.74) is 0.943. The van der Waals surface area contributed by atoms with Crippen LogP contribution in [0.2, 0.25) is 0 Å². The Bertz CT molecular complexity index is 651. The van der Waals surface area contributed by atoms with Crippen LogP contribution < -0.4 is 0 Å². The molecular weight excluding hydrogens is 280 g/mol. The highest BCUT2D eigenvalue weighted by atomic mass is 32.1. The summed E-state index contributed by atoms with van der Waals surface area (Å²) in [5.74, 6) is -3.32. The van der Waals surface area contributed by atoms with Crippen molar-refractivity contribution in [1.82, 2.24) is 9.97 Å². The van der Waals surface area contributed by atoms with Crippen molar-refractivity contribution >= 4 is 28.9 Å². The molecule has 20 heavy (non-hydrogen) atoms. The first-order chi connectivity index (χ1) is 9.56. The standard InChI is InChI=1S/C13H10N2O4S/c16-10(6-11(17)13(18)19)9-7-20-12(15-9)5-8-3-1-2-4-14-8/h1-4,7H,5-6H2,(H,18,19). The van der Waals surface area contributed by atoms with Gasteiger partial charge in [0.1, 0.15) is 5.69 Å². The molecule has 0 fully saturated rings. The van der Waals surface area contributed by atoms with Crippen molar-refractivity contribution in [3.05, 3.63) is 46.2 Å². The largest absolute Gasteiger partial charge is 0.475 e. The summed E-state index contributed by atoms with van der Waals surface area (Å²) in [4.78, 5) is 41.3. The molecule has 102 valence electrons. The molecule has 0 aromatic carbocycles. The van der Waals surface area contributed by atoms with Gasteiger partial charge in [-0.2, -0.15) is 0 Å². The quantitative estimate of drug-likeness (QED) is 0.490. The summed E-state index contributed by atoms with van der Waals surface area (Å²) < 4.78 is 0. The maximum absolute atomic E-state index is 11.7. The molecule has 7 heteroatoms. The number of carboxylic acids is 1. The van der Waals surface area contributed by atoms with E-state index < -0.39 is 24.0 Å². The molecule has 0 unspecified atom stereocenters. The summed E-state index contributed by atoms with van der Waals surface area (Å²) in [6.07, 6.45) is 1.49. The van der Waals surface area contributed by atoms with E-state index in [1.54, 1.807) is 12.3 Å². The second kappa shape index (κ2) is 6.16. The monoisotopic (exact) mass is 290 g/mol. The highest BCUT2D eigenvalue weighted by Crippen LogP contribution is 2.15. The first kappa shape index (κ1) is 14.0. The molecule has 0 bridgehead atoms. The van der Waals surface area contributed by atoms with Gasteiger partial charge in [-0.3, -0.25) is 14.6 Å². The van der Waals surface area contributed by atoms with Gasteiger partial charge in [-0.05, 0) is 12.1 Å². The van der Waals surface area contributed by atoms with Crippen molar-refractivity contribution in [2.45, 2.75) is 12.8 Å².